The Hall–Kier alpha value is -2.78. The summed E-state index contributed by atoms with van der Waals surface area (Å²) in [5, 5.41) is 3.82. The van der Waals surface area contributed by atoms with Crippen molar-refractivity contribution in [2.24, 2.45) is 0 Å². The zero-order chi connectivity index (χ0) is 16.7. The number of aromatic nitrogens is 6. The molecule has 0 spiro atoms. The summed E-state index contributed by atoms with van der Waals surface area (Å²) in [7, 11) is 0. The van der Waals surface area contributed by atoms with Crippen molar-refractivity contribution in [3.8, 4) is 11.6 Å². The molecule has 0 radical (unpaired) electrons. The summed E-state index contributed by atoms with van der Waals surface area (Å²) in [5.41, 5.74) is -0.907. The van der Waals surface area contributed by atoms with Gasteiger partial charge in [-0.1, -0.05) is 5.16 Å². The first-order valence-corrected chi connectivity index (χ1v) is 7.27. The monoisotopic (exact) mass is 336 g/mol. The van der Waals surface area contributed by atoms with Gasteiger partial charge in [0.05, 0.1) is 5.92 Å². The maximum absolute atomic E-state index is 12.9. The van der Waals surface area contributed by atoms with Gasteiger partial charge in [-0.15, -0.1) is 0 Å². The summed E-state index contributed by atoms with van der Waals surface area (Å²) in [4.78, 5) is 16.0. The second-order valence-corrected chi connectivity index (χ2v) is 5.40. The number of hydrogen-bond acceptors (Lipinski definition) is 6. The SMILES string of the molecule is FC(F)(F)c1cn2c(n1)C(c1nc(-c3ncccn3)no1)CCC2. The molecule has 0 fully saturated rings. The van der Waals surface area contributed by atoms with E-state index in [0.29, 0.717) is 25.2 Å². The van der Waals surface area contributed by atoms with E-state index in [1.807, 2.05) is 0 Å². The Bertz CT molecular complexity index is 857. The first kappa shape index (κ1) is 14.8. The fraction of sp³-hybridized carbons (Fsp3) is 0.357. The molecular weight excluding hydrogens is 325 g/mol. The topological polar surface area (TPSA) is 82.5 Å². The van der Waals surface area contributed by atoms with Crippen LogP contribution in [0.1, 0.15) is 36.2 Å². The molecule has 10 heteroatoms. The predicted molar refractivity (Wildman–Crippen MR) is 73.6 cm³/mol. The lowest BCUT2D eigenvalue weighted by Crippen LogP contribution is -2.16. The molecule has 1 unspecified atom stereocenters. The summed E-state index contributed by atoms with van der Waals surface area (Å²) in [6.07, 6.45) is 0.922. The van der Waals surface area contributed by atoms with Crippen LogP contribution in [0.2, 0.25) is 0 Å². The number of nitrogens with zero attached hydrogens (tertiary/aromatic N) is 6. The van der Waals surface area contributed by atoms with Crippen molar-refractivity contribution < 1.29 is 17.7 Å². The molecule has 4 rings (SSSR count). The van der Waals surface area contributed by atoms with Crippen LogP contribution < -0.4 is 0 Å². The Labute approximate surface area is 133 Å². The molecule has 24 heavy (non-hydrogen) atoms. The molecule has 1 aliphatic heterocycles. The van der Waals surface area contributed by atoms with Crippen LogP contribution in [-0.2, 0) is 12.7 Å². The van der Waals surface area contributed by atoms with Crippen LogP contribution in [-0.4, -0.2) is 29.7 Å². The molecule has 3 aromatic rings. The highest BCUT2D eigenvalue weighted by Crippen LogP contribution is 2.36. The number of alkyl halides is 3. The smallest absolute Gasteiger partial charge is 0.338 e. The maximum Gasteiger partial charge on any atom is 0.434 e. The van der Waals surface area contributed by atoms with E-state index < -0.39 is 17.8 Å². The van der Waals surface area contributed by atoms with Crippen LogP contribution in [0.4, 0.5) is 13.2 Å². The maximum atomic E-state index is 12.9. The third-order valence-corrected chi connectivity index (χ3v) is 3.81. The molecule has 0 saturated carbocycles. The van der Waals surface area contributed by atoms with E-state index in [9.17, 15) is 13.2 Å². The summed E-state index contributed by atoms with van der Waals surface area (Å²) >= 11 is 0. The van der Waals surface area contributed by atoms with Gasteiger partial charge in [-0.3, -0.25) is 0 Å². The van der Waals surface area contributed by atoms with Crippen LogP contribution in [0.3, 0.4) is 0 Å². The fourth-order valence-electron chi connectivity index (χ4n) is 2.73. The van der Waals surface area contributed by atoms with Crippen molar-refractivity contribution in [2.75, 3.05) is 0 Å². The highest BCUT2D eigenvalue weighted by atomic mass is 19.4. The van der Waals surface area contributed by atoms with Gasteiger partial charge in [0.2, 0.25) is 17.5 Å². The minimum Gasteiger partial charge on any atom is -0.338 e. The second-order valence-electron chi connectivity index (χ2n) is 5.40. The third-order valence-electron chi connectivity index (χ3n) is 3.81. The van der Waals surface area contributed by atoms with E-state index in [2.05, 4.69) is 25.1 Å². The van der Waals surface area contributed by atoms with Gasteiger partial charge in [-0.05, 0) is 18.9 Å². The van der Waals surface area contributed by atoms with Gasteiger partial charge >= 0.3 is 6.18 Å². The summed E-state index contributed by atoms with van der Waals surface area (Å²) in [6.45, 7) is 0.484. The molecule has 0 aromatic carbocycles. The molecule has 4 heterocycles. The summed E-state index contributed by atoms with van der Waals surface area (Å²) < 4.78 is 45.4. The van der Waals surface area contributed by atoms with E-state index in [1.165, 1.54) is 4.57 Å². The van der Waals surface area contributed by atoms with Crippen molar-refractivity contribution in [3.05, 3.63) is 42.1 Å². The van der Waals surface area contributed by atoms with Crippen LogP contribution in [0.15, 0.2) is 29.2 Å². The van der Waals surface area contributed by atoms with Gasteiger partial charge in [0.25, 0.3) is 0 Å². The minimum atomic E-state index is -4.48. The molecule has 0 N–H and O–H groups in total. The van der Waals surface area contributed by atoms with Gasteiger partial charge in [0.1, 0.15) is 5.82 Å². The first-order chi connectivity index (χ1) is 11.5. The first-order valence-electron chi connectivity index (χ1n) is 7.27. The van der Waals surface area contributed by atoms with E-state index in [1.54, 1.807) is 18.5 Å². The quantitative estimate of drug-likeness (QED) is 0.715. The fourth-order valence-corrected chi connectivity index (χ4v) is 2.73. The predicted octanol–water partition coefficient (Wildman–Crippen LogP) is 2.67. The Morgan fingerprint density at radius 1 is 1.12 bits per heavy atom. The zero-order valence-electron chi connectivity index (χ0n) is 12.2. The van der Waals surface area contributed by atoms with Crippen LogP contribution in [0.25, 0.3) is 11.6 Å². The third kappa shape index (κ3) is 2.53. The Morgan fingerprint density at radius 3 is 2.67 bits per heavy atom. The highest BCUT2D eigenvalue weighted by Gasteiger charge is 2.38. The molecule has 124 valence electrons. The minimum absolute atomic E-state index is 0.199. The summed E-state index contributed by atoms with van der Waals surface area (Å²) in [5.74, 6) is 0.531. The van der Waals surface area contributed by atoms with Gasteiger partial charge in [0, 0.05) is 25.1 Å². The molecule has 0 bridgehead atoms. The number of rotatable bonds is 2. The van der Waals surface area contributed by atoms with Crippen molar-refractivity contribution >= 4 is 0 Å². The average molecular weight is 336 g/mol. The number of hydrogen-bond donors (Lipinski definition) is 0. The average Bonchev–Trinajstić information content (AvgIpc) is 3.22. The van der Waals surface area contributed by atoms with Gasteiger partial charge in [-0.2, -0.15) is 18.2 Å². The van der Waals surface area contributed by atoms with E-state index >= 15 is 0 Å². The normalized spacial score (nSPS) is 17.7. The van der Waals surface area contributed by atoms with Gasteiger partial charge < -0.3 is 9.09 Å². The van der Waals surface area contributed by atoms with E-state index in [0.717, 1.165) is 6.20 Å². The molecule has 0 saturated heterocycles. The molecule has 0 amide bonds. The molecule has 1 aliphatic rings. The van der Waals surface area contributed by atoms with Crippen molar-refractivity contribution in [1.29, 1.82) is 0 Å². The van der Waals surface area contributed by atoms with Crippen LogP contribution >= 0.6 is 0 Å². The molecular formula is C14H11F3N6O. The Balaban J connectivity index is 1.70. The van der Waals surface area contributed by atoms with Crippen molar-refractivity contribution in [1.82, 2.24) is 29.7 Å². The summed E-state index contributed by atoms with van der Waals surface area (Å²) in [6, 6.07) is 1.65. The van der Waals surface area contributed by atoms with Gasteiger partial charge in [-0.25, -0.2) is 15.0 Å². The van der Waals surface area contributed by atoms with Crippen LogP contribution in [0.5, 0.6) is 0 Å². The lowest BCUT2D eigenvalue weighted by molar-refractivity contribution is -0.141. The van der Waals surface area contributed by atoms with E-state index in [4.69, 9.17) is 4.52 Å². The Kier molecular flexibility index (Phi) is 3.32. The lowest BCUT2D eigenvalue weighted by atomic mass is 9.99. The number of imidazole rings is 1. The van der Waals surface area contributed by atoms with Gasteiger partial charge in [0.15, 0.2) is 5.69 Å². The molecule has 1 atom stereocenters. The molecule has 3 aromatic heterocycles. The number of fused-ring (bicyclic) bond motifs is 1. The van der Waals surface area contributed by atoms with Crippen molar-refractivity contribution in [2.45, 2.75) is 31.5 Å². The highest BCUT2D eigenvalue weighted by molar-refractivity contribution is 5.40. The zero-order valence-corrected chi connectivity index (χ0v) is 12.2. The number of aryl methyl sites for hydroxylation is 1. The molecule has 0 aliphatic carbocycles. The van der Waals surface area contributed by atoms with E-state index in [-0.39, 0.29) is 17.5 Å². The Morgan fingerprint density at radius 2 is 1.92 bits per heavy atom. The molecule has 7 nitrogen and oxygen atoms in total. The van der Waals surface area contributed by atoms with Crippen molar-refractivity contribution in [3.63, 3.8) is 0 Å². The largest absolute Gasteiger partial charge is 0.434 e. The number of halogens is 3. The lowest BCUT2D eigenvalue weighted by Gasteiger charge is -2.19. The second kappa shape index (κ2) is 5.39. The standard InChI is InChI=1S/C14H11F3N6O/c15-14(16,17)9-7-23-6-1-3-8(12(23)20-9)13-21-11(22-24-13)10-18-4-2-5-19-10/h2,4-5,7-8H,1,3,6H2. The van der Waals surface area contributed by atoms with Crippen LogP contribution in [0, 0.1) is 0 Å².